The van der Waals surface area contributed by atoms with Crippen molar-refractivity contribution in [2.45, 2.75) is 142 Å². The number of likely N-dealkylation sites (tertiary alicyclic amines) is 2. The number of hydrogen-bond acceptors (Lipinski definition) is 12. The summed E-state index contributed by atoms with van der Waals surface area (Å²) >= 11 is 0. The Labute approximate surface area is 476 Å². The molecule has 2 aliphatic rings. The second-order valence-electron chi connectivity index (χ2n) is 20.9. The summed E-state index contributed by atoms with van der Waals surface area (Å²) in [5, 5.41) is 23.9. The molecule has 2 aliphatic heterocycles. The van der Waals surface area contributed by atoms with Gasteiger partial charge in [-0.15, -0.1) is 0 Å². The standard InChI is InChI=1S/C62H84N8O11/c1-6-10-11-34-80-49-29-25-46(26-30-49)44-19-17-43(18-20-44)45-21-23-47(24-22-45)57(73)64-39-55(72)65-50(7-2)61(77)69-33-12-13-53(69)59(75)67-52(31-16-42-14-27-48(71)28-15-42)58(74)66-51(8-3)62(78)70-40-41(5)38-54(70)60(76)68-56(9-4)81-37-36-79-35-32-63/h14-15,17-30,41,50-54,56,71H,6-13,16,31-40,63H2,1-5H3,(H,64,73)(H,65,72)(H,66,74)(H,67,75)(H,68,76)/t41-,50?,51?,52?,53?,54?,56?/m1/s1. The van der Waals surface area contributed by atoms with Gasteiger partial charge in [-0.3, -0.25) is 33.6 Å². The number of ether oxygens (including phenoxy) is 3. The molecule has 0 aromatic heterocycles. The van der Waals surface area contributed by atoms with E-state index in [0.29, 0.717) is 70.6 Å². The first-order valence-corrected chi connectivity index (χ1v) is 28.9. The lowest BCUT2D eigenvalue weighted by molar-refractivity contribution is -0.144. The molecule has 0 aliphatic carbocycles. The maximum absolute atomic E-state index is 14.3. The van der Waals surface area contributed by atoms with Gasteiger partial charge < -0.3 is 61.4 Å². The van der Waals surface area contributed by atoms with Crippen molar-refractivity contribution in [1.29, 1.82) is 0 Å². The number of phenolic OH excluding ortho intramolecular Hbond substituents is 1. The van der Waals surface area contributed by atoms with E-state index in [-0.39, 0.29) is 50.0 Å². The first-order chi connectivity index (χ1) is 39.2. The summed E-state index contributed by atoms with van der Waals surface area (Å²) in [6.07, 6.45) is 5.24. The zero-order valence-electron chi connectivity index (χ0n) is 47.7. The third kappa shape index (κ3) is 18.6. The topological polar surface area (TPSA) is 260 Å². The second kappa shape index (κ2) is 32.2. The zero-order chi connectivity index (χ0) is 58.3. The van der Waals surface area contributed by atoms with Crippen molar-refractivity contribution in [2.75, 3.05) is 52.6 Å². The zero-order valence-corrected chi connectivity index (χ0v) is 47.7. The quantitative estimate of drug-likeness (QED) is 0.0226. The molecule has 81 heavy (non-hydrogen) atoms. The molecule has 6 rings (SSSR count). The number of rotatable bonds is 31. The molecule has 2 saturated heterocycles. The molecule has 0 radical (unpaired) electrons. The molecule has 0 spiro atoms. The summed E-state index contributed by atoms with van der Waals surface area (Å²) in [6.45, 7) is 11.6. The number of nitrogens with zero attached hydrogens (tertiary/aromatic N) is 2. The van der Waals surface area contributed by atoms with Gasteiger partial charge in [0.05, 0.1) is 33.0 Å². The van der Waals surface area contributed by atoms with Crippen molar-refractivity contribution in [1.82, 2.24) is 36.4 Å². The summed E-state index contributed by atoms with van der Waals surface area (Å²) in [4.78, 5) is 100. The molecule has 0 saturated carbocycles. The van der Waals surface area contributed by atoms with Gasteiger partial charge in [-0.1, -0.05) is 108 Å². The maximum Gasteiger partial charge on any atom is 0.251 e. The highest BCUT2D eigenvalue weighted by Crippen LogP contribution is 2.28. The summed E-state index contributed by atoms with van der Waals surface area (Å²) in [6, 6.07) is 24.8. The molecule has 4 aromatic rings. The number of nitrogens with two attached hydrogens (primary N) is 1. The number of aryl methyl sites for hydroxylation is 1. The largest absolute Gasteiger partial charge is 0.508 e. The van der Waals surface area contributed by atoms with Crippen molar-refractivity contribution in [3.8, 4) is 33.8 Å². The number of amides is 7. The van der Waals surface area contributed by atoms with Crippen LogP contribution >= 0.6 is 0 Å². The van der Waals surface area contributed by atoms with Gasteiger partial charge in [0.2, 0.25) is 35.4 Å². The summed E-state index contributed by atoms with van der Waals surface area (Å²) in [5.41, 5.74) is 10.6. The molecule has 4 aromatic carbocycles. The SMILES string of the molecule is CCCCCOc1ccc(-c2ccc(-c3ccc(C(=O)NCC(=O)NC(CC)C(=O)N4CCCC4C(=O)NC(CCc4ccc(O)cc4)C(=O)NC(CC)C(=O)N4C[C@H](C)CC4C(=O)NC(CC)OCCOCCN)cc3)cc2)cc1. The monoisotopic (exact) mass is 1120 g/mol. The Bertz CT molecular complexity index is 2670. The molecule has 0 bridgehead atoms. The van der Waals surface area contributed by atoms with Crippen LogP contribution in [0.25, 0.3) is 22.3 Å². The number of phenols is 1. The molecule has 7 atom stereocenters. The van der Waals surface area contributed by atoms with Gasteiger partial charge in [-0.05, 0) is 128 Å². The van der Waals surface area contributed by atoms with Gasteiger partial charge in [0.25, 0.3) is 5.91 Å². The summed E-state index contributed by atoms with van der Waals surface area (Å²) in [7, 11) is 0. The van der Waals surface area contributed by atoms with E-state index in [0.717, 1.165) is 52.8 Å². The number of carbonyl (C=O) groups is 7. The third-order valence-electron chi connectivity index (χ3n) is 14.8. The summed E-state index contributed by atoms with van der Waals surface area (Å²) < 4.78 is 17.1. The van der Waals surface area contributed by atoms with Gasteiger partial charge in [0.15, 0.2) is 0 Å². The normalized spacial score (nSPS) is 17.3. The van der Waals surface area contributed by atoms with E-state index in [1.807, 2.05) is 74.5 Å². The van der Waals surface area contributed by atoms with Crippen molar-refractivity contribution in [3.63, 3.8) is 0 Å². The van der Waals surface area contributed by atoms with Crippen LogP contribution < -0.4 is 37.1 Å². The van der Waals surface area contributed by atoms with Crippen LogP contribution in [0.1, 0.15) is 115 Å². The minimum absolute atomic E-state index is 0.00155. The van der Waals surface area contributed by atoms with E-state index in [1.165, 1.54) is 21.9 Å². The highest BCUT2D eigenvalue weighted by atomic mass is 16.5. The van der Waals surface area contributed by atoms with Gasteiger partial charge in [0.1, 0.15) is 47.9 Å². The lowest BCUT2D eigenvalue weighted by atomic mass is 9.99. The van der Waals surface area contributed by atoms with Gasteiger partial charge in [-0.25, -0.2) is 0 Å². The summed E-state index contributed by atoms with van der Waals surface area (Å²) in [5.74, 6) is -2.61. The van der Waals surface area contributed by atoms with Crippen molar-refractivity contribution >= 4 is 41.4 Å². The van der Waals surface area contributed by atoms with Crippen molar-refractivity contribution in [2.24, 2.45) is 11.7 Å². The Hall–Kier alpha value is -7.35. The molecule has 2 heterocycles. The van der Waals surface area contributed by atoms with E-state index in [4.69, 9.17) is 19.9 Å². The minimum atomic E-state index is -1.15. The van der Waals surface area contributed by atoms with Crippen molar-refractivity contribution < 1.29 is 52.9 Å². The number of unbranched alkanes of at least 4 members (excludes halogenated alkanes) is 2. The van der Waals surface area contributed by atoms with Crippen LogP contribution in [-0.2, 0) is 44.7 Å². The molecular formula is C62H84N8O11. The van der Waals surface area contributed by atoms with Gasteiger partial charge in [-0.2, -0.15) is 0 Å². The molecule has 7 amide bonds. The Balaban J connectivity index is 1.03. The van der Waals surface area contributed by atoms with Crippen LogP contribution in [0.3, 0.4) is 0 Å². The number of hydrogen-bond donors (Lipinski definition) is 7. The maximum atomic E-state index is 14.3. The van der Waals surface area contributed by atoms with Crippen LogP contribution in [0.5, 0.6) is 11.5 Å². The second-order valence-corrected chi connectivity index (χ2v) is 20.9. The van der Waals surface area contributed by atoms with Gasteiger partial charge in [0, 0.05) is 25.2 Å². The van der Waals surface area contributed by atoms with Crippen LogP contribution in [0.15, 0.2) is 97.1 Å². The van der Waals surface area contributed by atoms with E-state index in [2.05, 4.69) is 33.5 Å². The molecular weight excluding hydrogens is 1030 g/mol. The Kier molecular flexibility index (Phi) is 25.0. The van der Waals surface area contributed by atoms with Crippen LogP contribution in [-0.4, -0.2) is 145 Å². The Morgan fingerprint density at radius 2 is 1.26 bits per heavy atom. The smallest absolute Gasteiger partial charge is 0.251 e. The minimum Gasteiger partial charge on any atom is -0.508 e. The average Bonchev–Trinajstić information content (AvgIpc) is 4.35. The number of nitrogens with one attached hydrogen (secondary N) is 5. The average molecular weight is 1120 g/mol. The fraction of sp³-hybridized carbons (Fsp3) is 0.500. The molecule has 438 valence electrons. The van der Waals surface area contributed by atoms with Gasteiger partial charge >= 0.3 is 0 Å². The molecule has 19 heteroatoms. The highest BCUT2D eigenvalue weighted by Gasteiger charge is 2.42. The van der Waals surface area contributed by atoms with Crippen LogP contribution in [0.4, 0.5) is 0 Å². The van der Waals surface area contributed by atoms with E-state index in [1.54, 1.807) is 38.1 Å². The lowest BCUT2D eigenvalue weighted by Gasteiger charge is -2.31. The predicted octanol–water partition coefficient (Wildman–Crippen LogP) is 6.00. The fourth-order valence-electron chi connectivity index (χ4n) is 10.1. The van der Waals surface area contributed by atoms with Crippen molar-refractivity contribution in [3.05, 3.63) is 108 Å². The molecule has 6 unspecified atom stereocenters. The van der Waals surface area contributed by atoms with E-state index < -0.39 is 78.4 Å². The Morgan fingerprint density at radius 3 is 1.88 bits per heavy atom. The highest BCUT2D eigenvalue weighted by molar-refractivity contribution is 5.99. The van der Waals surface area contributed by atoms with E-state index >= 15 is 0 Å². The molecule has 19 nitrogen and oxygen atoms in total. The van der Waals surface area contributed by atoms with Crippen LogP contribution in [0.2, 0.25) is 0 Å². The first-order valence-electron chi connectivity index (χ1n) is 28.9. The first kappa shape index (κ1) is 62.8. The number of aromatic hydroxyl groups is 1. The Morgan fingerprint density at radius 1 is 0.654 bits per heavy atom. The predicted molar refractivity (Wildman–Crippen MR) is 310 cm³/mol. The number of benzene rings is 4. The molecule has 8 N–H and O–H groups in total. The fourth-order valence-corrected chi connectivity index (χ4v) is 10.1. The molecule has 2 fully saturated rings. The van der Waals surface area contributed by atoms with Crippen LogP contribution in [0, 0.1) is 5.92 Å². The van der Waals surface area contributed by atoms with E-state index in [9.17, 15) is 38.7 Å². The number of carbonyl (C=O) groups excluding carboxylic acids is 7. The lowest BCUT2D eigenvalue weighted by Crippen LogP contribution is -2.59. The third-order valence-corrected chi connectivity index (χ3v) is 14.8.